The first kappa shape index (κ1) is 14.1. The summed E-state index contributed by atoms with van der Waals surface area (Å²) in [6, 6.07) is 11.0. The number of aryl methyl sites for hydroxylation is 1. The van der Waals surface area contributed by atoms with Gasteiger partial charge in [-0.2, -0.15) is 0 Å². The van der Waals surface area contributed by atoms with Crippen molar-refractivity contribution in [2.75, 3.05) is 5.32 Å². The fraction of sp³-hybridized carbons (Fsp3) is 0.0667. The number of carbonyl (C=O) groups is 1. The van der Waals surface area contributed by atoms with E-state index >= 15 is 0 Å². The largest absolute Gasteiger partial charge is 0.320 e. The van der Waals surface area contributed by atoms with Gasteiger partial charge in [0.1, 0.15) is 11.3 Å². The molecule has 0 aliphatic rings. The molecule has 1 N–H and O–H groups in total. The smallest absolute Gasteiger partial charge is 0.274 e. The van der Waals surface area contributed by atoms with Crippen LogP contribution in [0.25, 0.3) is 5.65 Å². The second kappa shape index (κ2) is 5.50. The number of aromatic nitrogens is 2. The van der Waals surface area contributed by atoms with Crippen molar-refractivity contribution in [1.82, 2.24) is 9.38 Å². The molecule has 4 nitrogen and oxygen atoms in total. The normalized spacial score (nSPS) is 10.8. The third-order valence-corrected chi connectivity index (χ3v) is 4.01. The molecule has 0 radical (unpaired) electrons. The number of halogens is 2. The summed E-state index contributed by atoms with van der Waals surface area (Å²) in [5.41, 5.74) is 2.53. The first-order chi connectivity index (χ1) is 10.1. The highest BCUT2D eigenvalue weighted by molar-refractivity contribution is 9.10. The van der Waals surface area contributed by atoms with E-state index in [0.717, 1.165) is 4.47 Å². The Kier molecular flexibility index (Phi) is 3.69. The minimum atomic E-state index is -0.228. The van der Waals surface area contributed by atoms with Gasteiger partial charge >= 0.3 is 0 Å². The Morgan fingerprint density at radius 1 is 1.29 bits per heavy atom. The van der Waals surface area contributed by atoms with Gasteiger partial charge in [-0.1, -0.05) is 23.7 Å². The highest BCUT2D eigenvalue weighted by Crippen LogP contribution is 2.23. The minimum absolute atomic E-state index is 0.228. The van der Waals surface area contributed by atoms with Crippen LogP contribution in [0.4, 0.5) is 5.69 Å². The number of hydrogen-bond donors (Lipinski definition) is 1. The molecule has 106 valence electrons. The second-order valence-corrected chi connectivity index (χ2v) is 5.85. The average Bonchev–Trinajstić information content (AvgIpc) is 2.76. The molecule has 3 rings (SSSR count). The van der Waals surface area contributed by atoms with Gasteiger partial charge in [-0.25, -0.2) is 4.98 Å². The monoisotopic (exact) mass is 363 g/mol. The maximum atomic E-state index is 12.5. The van der Waals surface area contributed by atoms with Crippen molar-refractivity contribution in [1.29, 1.82) is 0 Å². The third kappa shape index (κ3) is 2.66. The number of para-hydroxylation sites is 1. The zero-order chi connectivity index (χ0) is 15.0. The molecule has 0 aliphatic carbocycles. The lowest BCUT2D eigenvalue weighted by molar-refractivity contribution is 0.102. The van der Waals surface area contributed by atoms with Crippen molar-refractivity contribution < 1.29 is 4.79 Å². The van der Waals surface area contributed by atoms with Gasteiger partial charge in [0.05, 0.1) is 16.4 Å². The van der Waals surface area contributed by atoms with Gasteiger partial charge in [0.15, 0.2) is 0 Å². The molecule has 0 atom stereocenters. The number of hydrogen-bond acceptors (Lipinski definition) is 2. The number of imidazole rings is 1. The third-order valence-electron chi connectivity index (χ3n) is 3.09. The SMILES string of the molecule is Cc1nc2ccc(Cl)cn2c1C(=O)Nc1ccccc1Br. The molecule has 0 unspecified atom stereocenters. The fourth-order valence-corrected chi connectivity index (χ4v) is 2.70. The topological polar surface area (TPSA) is 46.4 Å². The maximum absolute atomic E-state index is 12.5. The summed E-state index contributed by atoms with van der Waals surface area (Å²) in [5.74, 6) is -0.228. The van der Waals surface area contributed by atoms with Crippen LogP contribution in [-0.2, 0) is 0 Å². The summed E-state index contributed by atoms with van der Waals surface area (Å²) in [6.07, 6.45) is 1.69. The van der Waals surface area contributed by atoms with Crippen LogP contribution in [0.5, 0.6) is 0 Å². The zero-order valence-corrected chi connectivity index (χ0v) is 13.4. The van der Waals surface area contributed by atoms with Crippen LogP contribution in [0.3, 0.4) is 0 Å². The molecule has 3 aromatic rings. The van der Waals surface area contributed by atoms with E-state index in [1.807, 2.05) is 24.3 Å². The summed E-state index contributed by atoms with van der Waals surface area (Å²) in [5, 5.41) is 3.43. The number of benzene rings is 1. The Morgan fingerprint density at radius 2 is 2.05 bits per heavy atom. The molecule has 0 aliphatic heterocycles. The Bertz CT molecular complexity index is 844. The highest BCUT2D eigenvalue weighted by Gasteiger charge is 2.17. The van der Waals surface area contributed by atoms with E-state index in [-0.39, 0.29) is 5.91 Å². The number of fused-ring (bicyclic) bond motifs is 1. The Morgan fingerprint density at radius 3 is 2.81 bits per heavy atom. The second-order valence-electron chi connectivity index (χ2n) is 4.56. The molecule has 1 aromatic carbocycles. The summed E-state index contributed by atoms with van der Waals surface area (Å²) < 4.78 is 2.52. The van der Waals surface area contributed by atoms with Gasteiger partial charge in [0, 0.05) is 10.7 Å². The average molecular weight is 365 g/mol. The standard InChI is InChI=1S/C15H11BrClN3O/c1-9-14(20-8-10(17)6-7-13(20)18-9)15(21)19-12-5-3-2-4-11(12)16/h2-8H,1H3,(H,19,21). The van der Waals surface area contributed by atoms with Gasteiger partial charge in [-0.15, -0.1) is 0 Å². The van der Waals surface area contributed by atoms with Crippen molar-refractivity contribution in [3.8, 4) is 0 Å². The number of nitrogens with one attached hydrogen (secondary N) is 1. The van der Waals surface area contributed by atoms with Gasteiger partial charge < -0.3 is 5.32 Å². The Hall–Kier alpha value is -1.85. The predicted octanol–water partition coefficient (Wildman–Crippen LogP) is 4.31. The lowest BCUT2D eigenvalue weighted by atomic mass is 10.3. The van der Waals surface area contributed by atoms with Crippen LogP contribution in [0.2, 0.25) is 5.02 Å². The lowest BCUT2D eigenvalue weighted by Crippen LogP contribution is -2.15. The van der Waals surface area contributed by atoms with Crippen LogP contribution in [0.15, 0.2) is 47.1 Å². The first-order valence-electron chi connectivity index (χ1n) is 6.26. The summed E-state index contributed by atoms with van der Waals surface area (Å²) in [7, 11) is 0. The van der Waals surface area contributed by atoms with E-state index in [1.54, 1.807) is 29.7 Å². The predicted molar refractivity (Wildman–Crippen MR) is 87.0 cm³/mol. The number of carbonyl (C=O) groups excluding carboxylic acids is 1. The van der Waals surface area contributed by atoms with E-state index in [9.17, 15) is 4.79 Å². The fourth-order valence-electron chi connectivity index (χ4n) is 2.15. The molecule has 1 amide bonds. The van der Waals surface area contributed by atoms with Gasteiger partial charge in [-0.3, -0.25) is 9.20 Å². The molecular weight excluding hydrogens is 354 g/mol. The zero-order valence-electron chi connectivity index (χ0n) is 11.1. The van der Waals surface area contributed by atoms with Crippen LogP contribution < -0.4 is 5.32 Å². The molecule has 2 heterocycles. The van der Waals surface area contributed by atoms with Gasteiger partial charge in [0.2, 0.25) is 0 Å². The highest BCUT2D eigenvalue weighted by atomic mass is 79.9. The molecular formula is C15H11BrClN3O. The van der Waals surface area contributed by atoms with E-state index < -0.39 is 0 Å². The molecule has 0 bridgehead atoms. The van der Waals surface area contributed by atoms with Crippen molar-refractivity contribution in [2.45, 2.75) is 6.92 Å². The van der Waals surface area contributed by atoms with Crippen molar-refractivity contribution in [2.24, 2.45) is 0 Å². The molecule has 0 spiro atoms. The van der Waals surface area contributed by atoms with Gasteiger partial charge in [0.25, 0.3) is 5.91 Å². The summed E-state index contributed by atoms with van der Waals surface area (Å²) >= 11 is 9.41. The number of anilines is 1. The first-order valence-corrected chi connectivity index (χ1v) is 7.43. The Balaban J connectivity index is 2.04. The van der Waals surface area contributed by atoms with Crippen LogP contribution in [0.1, 0.15) is 16.2 Å². The molecule has 21 heavy (non-hydrogen) atoms. The van der Waals surface area contributed by atoms with E-state index in [1.165, 1.54) is 0 Å². The lowest BCUT2D eigenvalue weighted by Gasteiger charge is -2.08. The number of nitrogens with zero attached hydrogens (tertiary/aromatic N) is 2. The number of amides is 1. The molecule has 0 fully saturated rings. The maximum Gasteiger partial charge on any atom is 0.274 e. The molecule has 0 saturated carbocycles. The van der Waals surface area contributed by atoms with Crippen LogP contribution >= 0.6 is 27.5 Å². The van der Waals surface area contributed by atoms with Crippen LogP contribution in [-0.4, -0.2) is 15.3 Å². The summed E-state index contributed by atoms with van der Waals surface area (Å²) in [4.78, 5) is 16.9. The van der Waals surface area contributed by atoms with E-state index in [2.05, 4.69) is 26.2 Å². The molecule has 6 heteroatoms. The van der Waals surface area contributed by atoms with E-state index in [4.69, 9.17) is 11.6 Å². The Labute approximate surface area is 134 Å². The van der Waals surface area contributed by atoms with Crippen LogP contribution in [0, 0.1) is 6.92 Å². The number of rotatable bonds is 2. The molecule has 2 aromatic heterocycles. The van der Waals surface area contributed by atoms with Crippen molar-refractivity contribution in [3.05, 3.63) is 63.5 Å². The quantitative estimate of drug-likeness (QED) is 0.736. The van der Waals surface area contributed by atoms with E-state index in [0.29, 0.717) is 27.7 Å². The van der Waals surface area contributed by atoms with Crippen molar-refractivity contribution >= 4 is 44.8 Å². The van der Waals surface area contributed by atoms with Gasteiger partial charge in [-0.05, 0) is 47.1 Å². The summed E-state index contributed by atoms with van der Waals surface area (Å²) in [6.45, 7) is 1.80. The number of pyridine rings is 1. The molecule has 0 saturated heterocycles. The minimum Gasteiger partial charge on any atom is -0.320 e. The van der Waals surface area contributed by atoms with Crippen molar-refractivity contribution in [3.63, 3.8) is 0 Å².